The van der Waals surface area contributed by atoms with Crippen LogP contribution in [0.5, 0.6) is 0 Å². The Balaban J connectivity index is 1.69. The van der Waals surface area contributed by atoms with Crippen molar-refractivity contribution >= 4 is 0 Å². The van der Waals surface area contributed by atoms with Gasteiger partial charge in [0.15, 0.2) is 0 Å². The van der Waals surface area contributed by atoms with E-state index in [4.69, 9.17) is 0 Å². The average Bonchev–Trinajstić information content (AvgIpc) is 2.99. The largest absolute Gasteiger partial charge is 0.315 e. The molecule has 0 aromatic carbocycles. The zero-order valence-electron chi connectivity index (χ0n) is 9.04. The second kappa shape index (κ2) is 3.82. The van der Waals surface area contributed by atoms with E-state index in [9.17, 15) is 0 Å². The number of nitrogens with one attached hydrogen (secondary N) is 1. The minimum atomic E-state index is 0.872. The van der Waals surface area contributed by atoms with Gasteiger partial charge >= 0.3 is 0 Å². The second-order valence-electron chi connectivity index (χ2n) is 5.37. The fraction of sp³-hybridized carbons (Fsp3) is 1.00. The van der Waals surface area contributed by atoms with E-state index in [1.165, 1.54) is 58.2 Å². The zero-order valence-corrected chi connectivity index (χ0v) is 9.04. The van der Waals surface area contributed by atoms with Gasteiger partial charge in [-0.15, -0.1) is 0 Å². The second-order valence-corrected chi connectivity index (χ2v) is 5.37. The third-order valence-corrected chi connectivity index (χ3v) is 4.21. The third kappa shape index (κ3) is 1.82. The normalized spacial score (nSPS) is 39.4. The lowest BCUT2D eigenvalue weighted by atomic mass is 9.94. The van der Waals surface area contributed by atoms with Gasteiger partial charge in [0.2, 0.25) is 0 Å². The molecule has 2 saturated heterocycles. The Morgan fingerprint density at radius 2 is 1.86 bits per heavy atom. The number of piperidine rings is 1. The Bertz CT molecular complexity index is 186. The maximum absolute atomic E-state index is 3.60. The van der Waals surface area contributed by atoms with Gasteiger partial charge in [0.25, 0.3) is 0 Å². The van der Waals surface area contributed by atoms with Crippen molar-refractivity contribution in [2.24, 2.45) is 5.92 Å². The summed E-state index contributed by atoms with van der Waals surface area (Å²) in [6.07, 6.45) is 8.77. The standard InChI is InChI=1S/C12H22N2/c1-2-11-6-7-13-8-12(3-1)14(11)9-10-4-5-10/h10-13H,1-9H2/t11-,12+/m0/s1. The molecule has 3 aliphatic rings. The highest BCUT2D eigenvalue weighted by atomic mass is 15.2. The molecule has 0 amide bonds. The number of hydrogen-bond acceptors (Lipinski definition) is 2. The molecule has 1 aliphatic carbocycles. The maximum atomic E-state index is 3.60. The van der Waals surface area contributed by atoms with Crippen LogP contribution in [0, 0.1) is 5.92 Å². The Kier molecular flexibility index (Phi) is 2.50. The first-order valence-corrected chi connectivity index (χ1v) is 6.40. The van der Waals surface area contributed by atoms with Gasteiger partial charge in [-0.25, -0.2) is 0 Å². The van der Waals surface area contributed by atoms with Gasteiger partial charge in [0.1, 0.15) is 0 Å². The van der Waals surface area contributed by atoms with Crippen LogP contribution in [0.1, 0.15) is 38.5 Å². The van der Waals surface area contributed by atoms with Crippen molar-refractivity contribution in [2.45, 2.75) is 50.6 Å². The van der Waals surface area contributed by atoms with Crippen LogP contribution in [0.25, 0.3) is 0 Å². The lowest BCUT2D eigenvalue weighted by Crippen LogP contribution is -2.48. The van der Waals surface area contributed by atoms with E-state index in [1.807, 2.05) is 0 Å². The summed E-state index contributed by atoms with van der Waals surface area (Å²) in [5.74, 6) is 1.07. The number of rotatable bonds is 2. The molecule has 2 bridgehead atoms. The summed E-state index contributed by atoms with van der Waals surface area (Å²) >= 11 is 0. The Hall–Kier alpha value is -0.0800. The molecule has 3 rings (SSSR count). The highest BCUT2D eigenvalue weighted by Gasteiger charge is 2.35. The van der Waals surface area contributed by atoms with Crippen LogP contribution < -0.4 is 5.32 Å². The fourth-order valence-corrected chi connectivity index (χ4v) is 3.18. The number of nitrogens with zero attached hydrogens (tertiary/aromatic N) is 1. The molecule has 2 heteroatoms. The van der Waals surface area contributed by atoms with Gasteiger partial charge in [0.05, 0.1) is 0 Å². The highest BCUT2D eigenvalue weighted by molar-refractivity contribution is 4.91. The Labute approximate surface area is 87.0 Å². The maximum Gasteiger partial charge on any atom is 0.0223 e. The van der Waals surface area contributed by atoms with E-state index in [1.54, 1.807) is 0 Å². The van der Waals surface area contributed by atoms with Crippen LogP contribution in [0.4, 0.5) is 0 Å². The molecule has 0 unspecified atom stereocenters. The molecule has 1 N–H and O–H groups in total. The molecular weight excluding hydrogens is 172 g/mol. The van der Waals surface area contributed by atoms with Crippen LogP contribution in [-0.4, -0.2) is 36.6 Å². The lowest BCUT2D eigenvalue weighted by Gasteiger charge is -2.40. The minimum Gasteiger partial charge on any atom is -0.315 e. The van der Waals surface area contributed by atoms with Crippen LogP contribution in [0.15, 0.2) is 0 Å². The fourth-order valence-electron chi connectivity index (χ4n) is 3.18. The molecule has 0 aromatic heterocycles. The van der Waals surface area contributed by atoms with Gasteiger partial charge in [-0.05, 0) is 44.6 Å². The molecule has 14 heavy (non-hydrogen) atoms. The predicted octanol–water partition coefficient (Wildman–Crippen LogP) is 1.61. The third-order valence-electron chi connectivity index (χ3n) is 4.21. The highest BCUT2D eigenvalue weighted by Crippen LogP contribution is 2.34. The summed E-state index contributed by atoms with van der Waals surface area (Å²) in [5, 5.41) is 3.60. The first kappa shape index (κ1) is 9.17. The summed E-state index contributed by atoms with van der Waals surface area (Å²) in [5.41, 5.74) is 0. The van der Waals surface area contributed by atoms with Gasteiger partial charge < -0.3 is 5.32 Å². The lowest BCUT2D eigenvalue weighted by molar-refractivity contribution is 0.0880. The smallest absolute Gasteiger partial charge is 0.0223 e. The molecule has 2 aliphatic heterocycles. The SMILES string of the molecule is C1C[C@H]2CCNC[C@@H](C1)N2CC1CC1. The Morgan fingerprint density at radius 1 is 1.00 bits per heavy atom. The molecule has 3 fully saturated rings. The van der Waals surface area contributed by atoms with Crippen LogP contribution >= 0.6 is 0 Å². The molecule has 2 atom stereocenters. The average molecular weight is 194 g/mol. The summed E-state index contributed by atoms with van der Waals surface area (Å²) in [7, 11) is 0. The van der Waals surface area contributed by atoms with Gasteiger partial charge in [0, 0.05) is 25.2 Å². The first-order chi connectivity index (χ1) is 6.93. The summed E-state index contributed by atoms with van der Waals surface area (Å²) in [6, 6.07) is 1.79. The molecule has 2 nitrogen and oxygen atoms in total. The van der Waals surface area contributed by atoms with Crippen LogP contribution in [0.2, 0.25) is 0 Å². The molecule has 1 saturated carbocycles. The molecule has 80 valence electrons. The van der Waals surface area contributed by atoms with Gasteiger partial charge in [-0.1, -0.05) is 6.42 Å². The van der Waals surface area contributed by atoms with Gasteiger partial charge in [-0.3, -0.25) is 4.90 Å². The van der Waals surface area contributed by atoms with E-state index >= 15 is 0 Å². The van der Waals surface area contributed by atoms with E-state index in [-0.39, 0.29) is 0 Å². The van der Waals surface area contributed by atoms with Crippen molar-refractivity contribution in [3.63, 3.8) is 0 Å². The molecule has 0 aromatic rings. The van der Waals surface area contributed by atoms with Crippen molar-refractivity contribution in [1.29, 1.82) is 0 Å². The molecule has 0 radical (unpaired) electrons. The van der Waals surface area contributed by atoms with Crippen molar-refractivity contribution in [1.82, 2.24) is 10.2 Å². The van der Waals surface area contributed by atoms with Crippen LogP contribution in [-0.2, 0) is 0 Å². The topological polar surface area (TPSA) is 15.3 Å². The van der Waals surface area contributed by atoms with Crippen molar-refractivity contribution in [3.8, 4) is 0 Å². The van der Waals surface area contributed by atoms with Crippen molar-refractivity contribution in [3.05, 3.63) is 0 Å². The van der Waals surface area contributed by atoms with Crippen molar-refractivity contribution in [2.75, 3.05) is 19.6 Å². The van der Waals surface area contributed by atoms with Gasteiger partial charge in [-0.2, -0.15) is 0 Å². The molecule has 0 spiro atoms. The van der Waals surface area contributed by atoms with Crippen molar-refractivity contribution < 1.29 is 0 Å². The monoisotopic (exact) mass is 194 g/mol. The summed E-state index contributed by atoms with van der Waals surface area (Å²) in [6.45, 7) is 3.92. The van der Waals surface area contributed by atoms with E-state index in [2.05, 4.69) is 10.2 Å². The van der Waals surface area contributed by atoms with E-state index < -0.39 is 0 Å². The molecule has 2 heterocycles. The number of hydrogen-bond donors (Lipinski definition) is 1. The molecular formula is C12H22N2. The number of fused-ring (bicyclic) bond motifs is 2. The Morgan fingerprint density at radius 3 is 2.71 bits per heavy atom. The predicted molar refractivity (Wildman–Crippen MR) is 58.3 cm³/mol. The summed E-state index contributed by atoms with van der Waals surface area (Å²) in [4.78, 5) is 2.85. The van der Waals surface area contributed by atoms with E-state index in [0.29, 0.717) is 0 Å². The quantitative estimate of drug-likeness (QED) is 0.718. The van der Waals surface area contributed by atoms with Crippen LogP contribution in [0.3, 0.4) is 0 Å². The first-order valence-electron chi connectivity index (χ1n) is 6.40. The summed E-state index contributed by atoms with van der Waals surface area (Å²) < 4.78 is 0. The minimum absolute atomic E-state index is 0.872. The zero-order chi connectivity index (χ0) is 9.38. The van der Waals surface area contributed by atoms with E-state index in [0.717, 1.165) is 18.0 Å².